The fourth-order valence-electron chi connectivity index (χ4n) is 25.3. The van der Waals surface area contributed by atoms with E-state index in [-0.39, 0.29) is 98.0 Å². The quantitative estimate of drug-likeness (QED) is 0.0277. The Morgan fingerprint density at radius 2 is 0.547 bits per heavy atom. The molecular weight excluding hydrogens is 1710 g/mol. The average Bonchev–Trinajstić information content (AvgIpc) is 0.713. The summed E-state index contributed by atoms with van der Waals surface area (Å²) < 4.78 is 37.8. The van der Waals surface area contributed by atoms with E-state index in [0.29, 0.717) is 93.3 Å². The number of aryl methyl sites for hydroxylation is 6. The van der Waals surface area contributed by atoms with Crippen molar-refractivity contribution in [3.63, 3.8) is 0 Å². The predicted molar refractivity (Wildman–Crippen MR) is 553 cm³/mol. The topological polar surface area (TPSA) is 251 Å². The van der Waals surface area contributed by atoms with Gasteiger partial charge in [0.05, 0.1) is 0 Å². The molecular formula is C121H166O16. The lowest BCUT2D eigenvalue weighted by Crippen LogP contribution is -2.45. The molecule has 746 valence electrons. The van der Waals surface area contributed by atoms with Gasteiger partial charge in [-0.1, -0.05) is 156 Å². The summed E-state index contributed by atoms with van der Waals surface area (Å²) in [6, 6.07) is 19.7. The zero-order valence-electron chi connectivity index (χ0n) is 87.5. The maximum atomic E-state index is 12.1. The first-order valence-electron chi connectivity index (χ1n) is 52.5. The minimum atomic E-state index is -1.06. The second-order valence-corrected chi connectivity index (χ2v) is 45.8. The number of fused-ring (bicyclic) bond motifs is 18. The van der Waals surface area contributed by atoms with E-state index in [1.165, 1.54) is 69.4 Å². The van der Waals surface area contributed by atoms with Crippen LogP contribution in [0.4, 0.5) is 0 Å². The number of hydrogen-bond donors (Lipinski definition) is 8. The molecule has 6 aliphatic heterocycles. The lowest BCUT2D eigenvalue weighted by atomic mass is 9.67. The molecule has 0 amide bonds. The van der Waals surface area contributed by atoms with Crippen molar-refractivity contribution in [3.8, 4) is 69.0 Å². The molecule has 137 heavy (non-hydrogen) atoms. The number of unbranched alkanes of at least 4 members (excludes halogenated alkanes) is 7. The third-order valence-electron chi connectivity index (χ3n) is 32.6. The van der Waals surface area contributed by atoms with E-state index in [1.54, 1.807) is 6.07 Å². The molecule has 6 aromatic rings. The van der Waals surface area contributed by atoms with E-state index < -0.39 is 17.5 Å². The van der Waals surface area contributed by atoms with Gasteiger partial charge in [-0.3, -0.25) is 0 Å². The van der Waals surface area contributed by atoms with E-state index in [0.717, 1.165) is 205 Å². The predicted octanol–water partition coefficient (Wildman–Crippen LogP) is 31.2. The molecule has 8 N–H and O–H groups in total. The van der Waals surface area contributed by atoms with Gasteiger partial charge in [0.25, 0.3) is 0 Å². The van der Waals surface area contributed by atoms with Crippen molar-refractivity contribution >= 4 is 11.9 Å². The molecule has 12 aliphatic rings. The largest absolute Gasteiger partial charge is 0.507 e. The second kappa shape index (κ2) is 42.8. The zero-order chi connectivity index (χ0) is 99.6. The van der Waals surface area contributed by atoms with Gasteiger partial charge in [0.1, 0.15) is 114 Å². The van der Waals surface area contributed by atoms with Gasteiger partial charge in [-0.2, -0.15) is 0 Å². The number of carboxylic acids is 2. The molecule has 0 radical (unpaired) electrons. The Morgan fingerprint density at radius 3 is 0.869 bits per heavy atom. The number of benzene rings is 6. The summed E-state index contributed by atoms with van der Waals surface area (Å²) >= 11 is 0. The zero-order valence-corrected chi connectivity index (χ0v) is 87.5. The molecule has 16 heteroatoms. The Bertz CT molecular complexity index is 5550. The highest BCUT2D eigenvalue weighted by atomic mass is 16.5. The van der Waals surface area contributed by atoms with Gasteiger partial charge in [-0.15, -0.1) is 0 Å². The van der Waals surface area contributed by atoms with Gasteiger partial charge in [0.2, 0.25) is 0 Å². The number of aromatic hydroxyl groups is 6. The fraction of sp³-hybridized carbons (Fsp3) is 0.587. The van der Waals surface area contributed by atoms with Crippen LogP contribution in [0.1, 0.15) is 436 Å². The number of carbonyl (C=O) groups is 2. The first-order chi connectivity index (χ1) is 64.7. The van der Waals surface area contributed by atoms with Crippen LogP contribution in [0.5, 0.6) is 69.0 Å². The number of carboxylic acid groups (broad SMARTS) is 2. The van der Waals surface area contributed by atoms with Gasteiger partial charge in [0.15, 0.2) is 0 Å². The van der Waals surface area contributed by atoms with Crippen molar-refractivity contribution < 1.29 is 78.9 Å². The molecule has 16 nitrogen and oxygen atoms in total. The van der Waals surface area contributed by atoms with Crippen molar-refractivity contribution in [1.29, 1.82) is 0 Å². The monoisotopic (exact) mass is 1880 g/mol. The number of aromatic carboxylic acids is 2. The first kappa shape index (κ1) is 105. The Balaban J connectivity index is 0.000000139. The van der Waals surface area contributed by atoms with E-state index in [4.69, 9.17) is 28.4 Å². The molecule has 18 rings (SSSR count). The Labute approximate surface area is 820 Å². The maximum Gasteiger partial charge on any atom is 0.339 e. The lowest BCUT2D eigenvalue weighted by molar-refractivity contribution is 0.00887. The average molecular weight is 1880 g/mol. The minimum absolute atomic E-state index is 0.00490. The summed E-state index contributed by atoms with van der Waals surface area (Å²) in [4.78, 5) is 24.0. The van der Waals surface area contributed by atoms with Crippen molar-refractivity contribution in [3.05, 3.63) is 208 Å². The van der Waals surface area contributed by atoms with Crippen LogP contribution in [0.2, 0.25) is 0 Å². The molecule has 0 aromatic heterocycles. The number of phenolic OH excluding ortho intramolecular Hbond substituents is 5. The first-order valence-corrected chi connectivity index (χ1v) is 52.5. The number of allylic oxidation sites excluding steroid dienone is 12. The van der Waals surface area contributed by atoms with Crippen molar-refractivity contribution in [2.45, 2.75) is 421 Å². The van der Waals surface area contributed by atoms with Crippen LogP contribution < -0.4 is 28.4 Å². The van der Waals surface area contributed by atoms with Crippen LogP contribution in [0.3, 0.4) is 0 Å². The van der Waals surface area contributed by atoms with Crippen LogP contribution in [0, 0.1) is 42.4 Å². The van der Waals surface area contributed by atoms with Crippen LogP contribution >= 0.6 is 0 Å². The molecule has 0 spiro atoms. The highest BCUT2D eigenvalue weighted by Crippen LogP contribution is 2.62. The van der Waals surface area contributed by atoms with E-state index in [2.05, 4.69) is 200 Å². The van der Waals surface area contributed by atoms with Crippen molar-refractivity contribution in [1.82, 2.24) is 0 Å². The van der Waals surface area contributed by atoms with Gasteiger partial charge in [-0.05, 0) is 360 Å². The molecule has 0 fully saturated rings. The summed E-state index contributed by atoms with van der Waals surface area (Å²) in [5.74, 6) is 7.61. The van der Waals surface area contributed by atoms with Crippen molar-refractivity contribution in [2.24, 2.45) is 35.5 Å². The van der Waals surface area contributed by atoms with E-state index in [1.807, 2.05) is 57.2 Å². The van der Waals surface area contributed by atoms with Crippen LogP contribution in [0.25, 0.3) is 0 Å². The molecule has 0 unspecified atom stereocenters. The third-order valence-corrected chi connectivity index (χ3v) is 32.6. The molecule has 0 bridgehead atoms. The van der Waals surface area contributed by atoms with Crippen LogP contribution in [-0.4, -0.2) is 86.4 Å². The SMILES string of the molecule is CC1=C[C@H]2c3c(O)cc(C)cc3OC(C)(C)[C@@H]2CC1.CCCCCc1cc(O)c2c(c1)OC(C)(C)[C@@H]1CCC(C)=C[C@@H]21.CCCCCc1cc(O)c2c(c1C(=O)O)OC(C)(C)[C@@H]1CCC(C)=C[C@@H]21.CCCCCc1cc2c(c(O)c1C(=O)O)[C@@H]1C=C(C)CC[C@H]1C(C)(C)O2.CCCCc1cc(O)c2c(c1)OC(C)(C)[C@@H]1CCC(C)=C[C@@H]21.CCCc1cc(O)c2c(c1)OC(C)(C)[C@@H]1CCC(C)=C[C@@H]21. The third kappa shape index (κ3) is 22.8. The number of ether oxygens (including phenoxy) is 6. The summed E-state index contributed by atoms with van der Waals surface area (Å²) in [7, 11) is 0. The maximum absolute atomic E-state index is 12.1. The number of hydrogen-bond acceptors (Lipinski definition) is 14. The van der Waals surface area contributed by atoms with Gasteiger partial charge in [-0.25, -0.2) is 9.59 Å². The number of phenols is 6. The molecule has 0 saturated carbocycles. The van der Waals surface area contributed by atoms with E-state index in [9.17, 15) is 50.4 Å². The minimum Gasteiger partial charge on any atom is -0.507 e. The Morgan fingerprint density at radius 1 is 0.285 bits per heavy atom. The number of rotatable bonds is 19. The second-order valence-electron chi connectivity index (χ2n) is 45.8. The Kier molecular flexibility index (Phi) is 32.7. The summed E-state index contributed by atoms with van der Waals surface area (Å²) in [5.41, 5.74) is 18.3. The Hall–Kier alpha value is -9.70. The van der Waals surface area contributed by atoms with Gasteiger partial charge >= 0.3 is 11.9 Å². The fourth-order valence-corrected chi connectivity index (χ4v) is 25.3. The normalized spacial score (nSPS) is 25.2. The molecule has 0 saturated heterocycles. The molecule has 12 atom stereocenters. The molecule has 6 aromatic carbocycles. The summed E-state index contributed by atoms with van der Waals surface area (Å²) in [5, 5.41) is 83.6. The highest BCUT2D eigenvalue weighted by Gasteiger charge is 2.53. The standard InChI is InChI=1S/2C22H30O4.C21H30O2.C20H28O2.C19H26O2.C17H22O2/c1-5-6-7-8-14-12-17-19(20(23)18(14)21(24)25)15-11-13(2)9-10-16(15)22(3,4)26-17;1-5-6-7-8-14-12-17(23)19-15-11-13(2)9-10-16(15)22(3,4)26-20(19)18(14)21(24)25;1-5-6-7-8-15-12-18(22)20-16-11-14(2)9-10-17(16)21(3,4)23-19(20)13-15;1-5-6-7-14-11-17(21)19-15-10-13(2)8-9-16(15)20(3,4)22-18(19)12-14;1-5-6-13-10-16(20)18-14-9-12(2)7-8-15(14)19(3,4)21-17(18)11-13;1-10-5-6-13-12(7-10)16-14(18)8-11(2)9-15(16)19-17(13,3)4/h2*11-12,15-16,23H,5-10H2,1-4H3,(H,24,25);11-13,16-17,22H,5-10H2,1-4H3;10-12,15-16,21H,5-9H2,1-4H3;9-11,14-15,20H,5-8H2,1-4H3;7-9,12-13,18H,5-6H2,1-4H3/t2*15-,16-;16-,17-;15-,16-;14-,15-;12-,13-/m111111/s1. The summed E-state index contributed by atoms with van der Waals surface area (Å²) in [6.07, 6.45) is 44.2. The molecule has 6 aliphatic carbocycles. The molecule has 6 heterocycles. The van der Waals surface area contributed by atoms with Crippen LogP contribution in [0.15, 0.2) is 131 Å². The lowest BCUT2D eigenvalue weighted by Gasteiger charge is -2.47. The highest BCUT2D eigenvalue weighted by molar-refractivity contribution is 5.95. The van der Waals surface area contributed by atoms with Gasteiger partial charge in [0, 0.05) is 104 Å². The van der Waals surface area contributed by atoms with Gasteiger partial charge < -0.3 is 69.3 Å². The summed E-state index contributed by atoms with van der Waals surface area (Å²) in [6.45, 7) is 51.5. The van der Waals surface area contributed by atoms with Crippen molar-refractivity contribution in [2.75, 3.05) is 0 Å². The van der Waals surface area contributed by atoms with E-state index >= 15 is 0 Å². The van der Waals surface area contributed by atoms with Crippen LogP contribution in [-0.2, 0) is 32.1 Å². The smallest absolute Gasteiger partial charge is 0.339 e.